The Labute approximate surface area is 156 Å². The molecular weight excluding hydrogens is 374 g/mol. The summed E-state index contributed by atoms with van der Waals surface area (Å²) in [6.45, 7) is 1.67. The molecule has 4 rings (SSSR count). The number of fused-ring (bicyclic) bond motifs is 1. The van der Waals surface area contributed by atoms with Gasteiger partial charge in [0.1, 0.15) is 0 Å². The molecule has 3 heterocycles. The number of nitrogens with zero attached hydrogens (tertiary/aromatic N) is 2. The van der Waals surface area contributed by atoms with E-state index in [-0.39, 0.29) is 11.8 Å². The van der Waals surface area contributed by atoms with Crippen LogP contribution < -0.4 is 5.32 Å². The number of nitrogens with one attached hydrogen (secondary N) is 1. The van der Waals surface area contributed by atoms with Crippen LogP contribution in [0.25, 0.3) is 10.8 Å². The van der Waals surface area contributed by atoms with Crippen LogP contribution >= 0.6 is 23.1 Å². The molecule has 1 N–H and O–H groups in total. The summed E-state index contributed by atoms with van der Waals surface area (Å²) in [6, 6.07) is 8.84. The molecule has 2 aromatic heterocycles. The van der Waals surface area contributed by atoms with Crippen LogP contribution in [0.15, 0.2) is 45.0 Å². The molecular formula is C17H13N3O4S2. The third kappa shape index (κ3) is 3.35. The molecule has 132 valence electrons. The van der Waals surface area contributed by atoms with E-state index in [4.69, 9.17) is 9.15 Å². The van der Waals surface area contributed by atoms with Crippen LogP contribution in [0.3, 0.4) is 0 Å². The van der Waals surface area contributed by atoms with Gasteiger partial charge in [-0.15, -0.1) is 33.3 Å². The minimum absolute atomic E-state index is 0.0895. The van der Waals surface area contributed by atoms with Crippen molar-refractivity contribution in [2.45, 2.75) is 17.9 Å². The highest BCUT2D eigenvalue weighted by molar-refractivity contribution is 8.00. The fourth-order valence-electron chi connectivity index (χ4n) is 2.39. The molecule has 7 nitrogen and oxygen atoms in total. The van der Waals surface area contributed by atoms with Crippen LogP contribution in [0.4, 0.5) is 5.69 Å². The second-order valence-electron chi connectivity index (χ2n) is 5.52. The molecule has 1 atom stereocenters. The van der Waals surface area contributed by atoms with E-state index in [9.17, 15) is 9.59 Å². The summed E-state index contributed by atoms with van der Waals surface area (Å²) in [7, 11) is 0. The Kier molecular flexibility index (Phi) is 4.48. The number of esters is 1. The van der Waals surface area contributed by atoms with Crippen molar-refractivity contribution in [1.29, 1.82) is 0 Å². The normalized spacial score (nSPS) is 14.4. The van der Waals surface area contributed by atoms with Gasteiger partial charge in [0.25, 0.3) is 11.8 Å². The molecule has 1 aromatic carbocycles. The highest BCUT2D eigenvalue weighted by Gasteiger charge is 2.22. The van der Waals surface area contributed by atoms with Crippen molar-refractivity contribution in [3.63, 3.8) is 0 Å². The minimum Gasteiger partial charge on any atom is -0.449 e. The molecule has 3 aromatic rings. The number of anilines is 1. The predicted octanol–water partition coefficient (Wildman–Crippen LogP) is 3.76. The molecule has 1 amide bonds. The van der Waals surface area contributed by atoms with Crippen LogP contribution in [0.1, 0.15) is 29.3 Å². The summed E-state index contributed by atoms with van der Waals surface area (Å²) in [5, 5.41) is 12.6. The largest absolute Gasteiger partial charge is 0.449 e. The SMILES string of the molecule is C[C@H](OC(=O)c1ccc2c(c1)NC(=O)CS2)c1nnc(-c2cccs2)o1. The Morgan fingerprint density at radius 2 is 2.23 bits per heavy atom. The summed E-state index contributed by atoms with van der Waals surface area (Å²) in [4.78, 5) is 25.7. The van der Waals surface area contributed by atoms with Crippen molar-refractivity contribution in [1.82, 2.24) is 10.2 Å². The highest BCUT2D eigenvalue weighted by atomic mass is 32.2. The molecule has 0 saturated carbocycles. The van der Waals surface area contributed by atoms with Crippen LogP contribution in [0.5, 0.6) is 0 Å². The molecule has 0 fully saturated rings. The van der Waals surface area contributed by atoms with E-state index >= 15 is 0 Å². The second-order valence-corrected chi connectivity index (χ2v) is 7.48. The van der Waals surface area contributed by atoms with Gasteiger partial charge in [-0.1, -0.05) is 6.07 Å². The molecule has 0 unspecified atom stereocenters. The molecule has 0 radical (unpaired) electrons. The van der Waals surface area contributed by atoms with Crippen molar-refractivity contribution in [2.24, 2.45) is 0 Å². The van der Waals surface area contributed by atoms with E-state index in [1.165, 1.54) is 23.1 Å². The molecule has 26 heavy (non-hydrogen) atoms. The quantitative estimate of drug-likeness (QED) is 0.681. The van der Waals surface area contributed by atoms with Gasteiger partial charge in [0.15, 0.2) is 6.10 Å². The smallest absolute Gasteiger partial charge is 0.338 e. The maximum atomic E-state index is 12.4. The first-order chi connectivity index (χ1) is 12.6. The number of carbonyl (C=O) groups excluding carboxylic acids is 2. The van der Waals surface area contributed by atoms with Crippen LogP contribution in [-0.2, 0) is 9.53 Å². The van der Waals surface area contributed by atoms with Gasteiger partial charge in [-0.2, -0.15) is 0 Å². The van der Waals surface area contributed by atoms with Crippen LogP contribution in [0, 0.1) is 0 Å². The summed E-state index contributed by atoms with van der Waals surface area (Å²) in [5.74, 6) is 0.377. The van der Waals surface area contributed by atoms with E-state index in [0.29, 0.717) is 22.9 Å². The lowest BCUT2D eigenvalue weighted by molar-refractivity contribution is -0.113. The first-order valence-electron chi connectivity index (χ1n) is 7.75. The lowest BCUT2D eigenvalue weighted by atomic mass is 10.2. The highest BCUT2D eigenvalue weighted by Crippen LogP contribution is 2.32. The van der Waals surface area contributed by atoms with Gasteiger partial charge in [-0.05, 0) is 36.6 Å². The molecule has 9 heteroatoms. The number of hydrogen-bond donors (Lipinski definition) is 1. The molecule has 0 saturated heterocycles. The van der Waals surface area contributed by atoms with Gasteiger partial charge in [0, 0.05) is 4.90 Å². The average Bonchev–Trinajstić information content (AvgIpc) is 3.32. The van der Waals surface area contributed by atoms with Crippen molar-refractivity contribution in [3.8, 4) is 10.8 Å². The molecule has 0 spiro atoms. The maximum Gasteiger partial charge on any atom is 0.338 e. The van der Waals surface area contributed by atoms with Gasteiger partial charge in [-0.3, -0.25) is 4.79 Å². The van der Waals surface area contributed by atoms with Gasteiger partial charge < -0.3 is 14.5 Å². The lowest BCUT2D eigenvalue weighted by Crippen LogP contribution is -2.19. The van der Waals surface area contributed by atoms with Crippen molar-refractivity contribution in [3.05, 3.63) is 47.2 Å². The molecule has 0 bridgehead atoms. The number of carbonyl (C=O) groups is 2. The van der Waals surface area contributed by atoms with Gasteiger partial charge >= 0.3 is 5.97 Å². The number of benzene rings is 1. The average molecular weight is 387 g/mol. The third-order valence-electron chi connectivity index (χ3n) is 3.65. The summed E-state index contributed by atoms with van der Waals surface area (Å²) >= 11 is 2.92. The van der Waals surface area contributed by atoms with Crippen LogP contribution in [-0.4, -0.2) is 27.8 Å². The van der Waals surface area contributed by atoms with E-state index < -0.39 is 12.1 Å². The van der Waals surface area contributed by atoms with Gasteiger partial charge in [0.05, 0.1) is 21.9 Å². The first-order valence-corrected chi connectivity index (χ1v) is 9.61. The minimum atomic E-state index is -0.691. The predicted molar refractivity (Wildman–Crippen MR) is 97.2 cm³/mol. The Balaban J connectivity index is 1.48. The Bertz CT molecular complexity index is 968. The standard InChI is InChI=1S/C17H13N3O4S2/c1-9(15-19-20-16(24-15)13-3-2-6-25-13)23-17(22)10-4-5-12-11(7-10)18-14(21)8-26-12/h2-7,9H,8H2,1H3,(H,18,21)/t9-/m0/s1. The second kappa shape index (κ2) is 6.93. The maximum absolute atomic E-state index is 12.4. The summed E-state index contributed by atoms with van der Waals surface area (Å²) in [5.41, 5.74) is 0.961. The zero-order chi connectivity index (χ0) is 18.1. The zero-order valence-electron chi connectivity index (χ0n) is 13.6. The fraction of sp³-hybridized carbons (Fsp3) is 0.176. The first kappa shape index (κ1) is 16.8. The molecule has 1 aliphatic heterocycles. The van der Waals surface area contributed by atoms with Crippen molar-refractivity contribution < 1.29 is 18.7 Å². The van der Waals surface area contributed by atoms with Crippen molar-refractivity contribution >= 4 is 40.7 Å². The lowest BCUT2D eigenvalue weighted by Gasteiger charge is -2.17. The van der Waals surface area contributed by atoms with E-state index in [2.05, 4.69) is 15.5 Å². The molecule has 1 aliphatic rings. The Morgan fingerprint density at radius 1 is 1.35 bits per heavy atom. The van der Waals surface area contributed by atoms with Gasteiger partial charge in [0.2, 0.25) is 5.91 Å². The monoisotopic (exact) mass is 387 g/mol. The van der Waals surface area contributed by atoms with Gasteiger partial charge in [-0.25, -0.2) is 4.79 Å². The topological polar surface area (TPSA) is 94.3 Å². The Morgan fingerprint density at radius 3 is 3.04 bits per heavy atom. The number of hydrogen-bond acceptors (Lipinski definition) is 8. The summed E-state index contributed by atoms with van der Waals surface area (Å²) < 4.78 is 11.0. The van der Waals surface area contributed by atoms with E-state index in [0.717, 1.165) is 9.77 Å². The van der Waals surface area contributed by atoms with E-state index in [1.807, 2.05) is 17.5 Å². The number of aromatic nitrogens is 2. The zero-order valence-corrected chi connectivity index (χ0v) is 15.2. The summed E-state index contributed by atoms with van der Waals surface area (Å²) in [6.07, 6.45) is -0.691. The third-order valence-corrected chi connectivity index (χ3v) is 5.58. The number of ether oxygens (including phenoxy) is 1. The fourth-order valence-corrected chi connectivity index (χ4v) is 3.82. The van der Waals surface area contributed by atoms with E-state index in [1.54, 1.807) is 25.1 Å². The number of amides is 1. The number of thioether (sulfide) groups is 1. The van der Waals surface area contributed by atoms with Crippen molar-refractivity contribution in [2.75, 3.05) is 11.1 Å². The Hall–Kier alpha value is -2.65. The number of thiophene rings is 1. The molecule has 0 aliphatic carbocycles. The van der Waals surface area contributed by atoms with Crippen LogP contribution in [0.2, 0.25) is 0 Å². The number of rotatable bonds is 4.